The first-order valence-corrected chi connectivity index (χ1v) is 6.97. The first-order chi connectivity index (χ1) is 10.1. The maximum Gasteiger partial charge on any atom is 0.149 e. The van der Waals surface area contributed by atoms with Crippen LogP contribution in [0.3, 0.4) is 0 Å². The lowest BCUT2D eigenvalue weighted by atomic mass is 10.3. The Morgan fingerprint density at radius 2 is 1.71 bits per heavy atom. The second-order valence-corrected chi connectivity index (χ2v) is 4.56. The minimum absolute atomic E-state index is 0.207. The monoisotopic (exact) mass is 292 g/mol. The van der Waals surface area contributed by atoms with E-state index in [0.29, 0.717) is 30.4 Å². The third kappa shape index (κ3) is 3.87. The number of rotatable bonds is 6. The van der Waals surface area contributed by atoms with Gasteiger partial charge in [0.2, 0.25) is 0 Å². The molecule has 2 aromatic rings. The number of nitrogens with one attached hydrogen (secondary N) is 2. The topological polar surface area (TPSA) is 49.8 Å². The van der Waals surface area contributed by atoms with E-state index >= 15 is 0 Å². The van der Waals surface area contributed by atoms with E-state index in [4.69, 9.17) is 0 Å². The molecule has 6 heteroatoms. The van der Waals surface area contributed by atoms with Gasteiger partial charge in [-0.1, -0.05) is 13.0 Å². The fourth-order valence-electron chi connectivity index (χ4n) is 1.91. The van der Waals surface area contributed by atoms with Crippen molar-refractivity contribution in [1.29, 1.82) is 0 Å². The van der Waals surface area contributed by atoms with Gasteiger partial charge in [0.15, 0.2) is 0 Å². The molecule has 112 valence electrons. The Morgan fingerprint density at radius 3 is 2.33 bits per heavy atom. The molecule has 21 heavy (non-hydrogen) atoms. The smallest absolute Gasteiger partial charge is 0.149 e. The average molecular weight is 292 g/mol. The molecule has 0 saturated heterocycles. The Bertz CT molecular complexity index is 572. The zero-order chi connectivity index (χ0) is 15.2. The number of para-hydroxylation sites is 1. The highest BCUT2D eigenvalue weighted by atomic mass is 19.1. The number of hydrogen-bond acceptors (Lipinski definition) is 4. The van der Waals surface area contributed by atoms with Gasteiger partial charge >= 0.3 is 0 Å². The van der Waals surface area contributed by atoms with Crippen LogP contribution in [0.5, 0.6) is 0 Å². The van der Waals surface area contributed by atoms with Gasteiger partial charge in [-0.05, 0) is 25.5 Å². The predicted octanol–water partition coefficient (Wildman–Crippen LogP) is 3.88. The summed E-state index contributed by atoms with van der Waals surface area (Å²) >= 11 is 0. The Hall–Kier alpha value is -2.24. The van der Waals surface area contributed by atoms with Gasteiger partial charge in [-0.2, -0.15) is 0 Å². The SMILES string of the molecule is CCCc1nc(NCC)cc(Nc2c(F)cccc2F)n1. The first kappa shape index (κ1) is 15.2. The second kappa shape index (κ2) is 6.97. The minimum Gasteiger partial charge on any atom is -0.370 e. The van der Waals surface area contributed by atoms with Gasteiger partial charge in [-0.3, -0.25) is 0 Å². The second-order valence-electron chi connectivity index (χ2n) is 4.56. The van der Waals surface area contributed by atoms with Crippen molar-refractivity contribution in [1.82, 2.24) is 9.97 Å². The van der Waals surface area contributed by atoms with E-state index in [0.717, 1.165) is 6.42 Å². The maximum absolute atomic E-state index is 13.7. The standard InChI is InChI=1S/C15H18F2N4/c1-3-6-12-19-13(18-4-2)9-14(20-12)21-15-10(16)7-5-8-11(15)17/h5,7-9H,3-4,6H2,1-2H3,(H2,18,19,20,21). The molecule has 0 aliphatic heterocycles. The Kier molecular flexibility index (Phi) is 5.03. The van der Waals surface area contributed by atoms with Crippen molar-refractivity contribution in [3.8, 4) is 0 Å². The van der Waals surface area contributed by atoms with Crippen molar-refractivity contribution >= 4 is 17.3 Å². The molecule has 0 saturated carbocycles. The Morgan fingerprint density at radius 1 is 1.05 bits per heavy atom. The highest BCUT2D eigenvalue weighted by Crippen LogP contribution is 2.23. The van der Waals surface area contributed by atoms with E-state index in [1.807, 2.05) is 13.8 Å². The van der Waals surface area contributed by atoms with Crippen molar-refractivity contribution in [2.24, 2.45) is 0 Å². The summed E-state index contributed by atoms with van der Waals surface area (Å²) < 4.78 is 27.3. The molecule has 2 rings (SSSR count). The van der Waals surface area contributed by atoms with Gasteiger partial charge in [-0.15, -0.1) is 0 Å². The molecular weight excluding hydrogens is 274 g/mol. The van der Waals surface area contributed by atoms with Crippen LogP contribution in [0.15, 0.2) is 24.3 Å². The van der Waals surface area contributed by atoms with Crippen LogP contribution in [0.4, 0.5) is 26.1 Å². The third-order valence-electron chi connectivity index (χ3n) is 2.82. The van der Waals surface area contributed by atoms with Crippen LogP contribution < -0.4 is 10.6 Å². The predicted molar refractivity (Wildman–Crippen MR) is 79.8 cm³/mol. The van der Waals surface area contributed by atoms with E-state index in [9.17, 15) is 8.78 Å². The van der Waals surface area contributed by atoms with Crippen molar-refractivity contribution in [3.63, 3.8) is 0 Å². The molecular formula is C15H18F2N4. The Balaban J connectivity index is 2.34. The van der Waals surface area contributed by atoms with Gasteiger partial charge in [-0.25, -0.2) is 18.7 Å². The molecule has 2 N–H and O–H groups in total. The van der Waals surface area contributed by atoms with Crippen LogP contribution in [0, 0.1) is 11.6 Å². The number of nitrogens with zero attached hydrogens (tertiary/aromatic N) is 2. The molecule has 1 heterocycles. The summed E-state index contributed by atoms with van der Waals surface area (Å²) in [7, 11) is 0. The van der Waals surface area contributed by atoms with Gasteiger partial charge < -0.3 is 10.6 Å². The number of hydrogen-bond donors (Lipinski definition) is 2. The molecule has 0 bridgehead atoms. The summed E-state index contributed by atoms with van der Waals surface area (Å²) in [5, 5.41) is 5.78. The molecule has 0 amide bonds. The Labute approximate surface area is 122 Å². The van der Waals surface area contributed by atoms with Crippen molar-refractivity contribution in [3.05, 3.63) is 41.7 Å². The molecule has 4 nitrogen and oxygen atoms in total. The van der Waals surface area contributed by atoms with Gasteiger partial charge in [0.1, 0.15) is 34.8 Å². The lowest BCUT2D eigenvalue weighted by Gasteiger charge is -2.11. The average Bonchev–Trinajstić information content (AvgIpc) is 2.44. The third-order valence-corrected chi connectivity index (χ3v) is 2.82. The molecule has 1 aromatic carbocycles. The highest BCUT2D eigenvalue weighted by Gasteiger charge is 2.11. The van der Waals surface area contributed by atoms with E-state index in [-0.39, 0.29) is 5.69 Å². The number of aryl methyl sites for hydroxylation is 1. The molecule has 0 spiro atoms. The quantitative estimate of drug-likeness (QED) is 0.848. The molecule has 0 aliphatic carbocycles. The summed E-state index contributed by atoms with van der Waals surface area (Å²) in [6, 6.07) is 5.35. The lowest BCUT2D eigenvalue weighted by molar-refractivity contribution is 0.590. The zero-order valence-corrected chi connectivity index (χ0v) is 12.1. The van der Waals surface area contributed by atoms with Crippen LogP contribution in [-0.4, -0.2) is 16.5 Å². The maximum atomic E-state index is 13.7. The van der Waals surface area contributed by atoms with Gasteiger partial charge in [0.25, 0.3) is 0 Å². The van der Waals surface area contributed by atoms with E-state index < -0.39 is 11.6 Å². The van der Waals surface area contributed by atoms with Crippen LogP contribution in [0.1, 0.15) is 26.1 Å². The van der Waals surface area contributed by atoms with Crippen molar-refractivity contribution < 1.29 is 8.78 Å². The first-order valence-electron chi connectivity index (χ1n) is 6.97. The van der Waals surface area contributed by atoms with Gasteiger partial charge in [0.05, 0.1) is 0 Å². The molecule has 0 aliphatic rings. The zero-order valence-electron chi connectivity index (χ0n) is 12.1. The van der Waals surface area contributed by atoms with E-state index in [1.54, 1.807) is 6.07 Å². The molecule has 0 radical (unpaired) electrons. The largest absolute Gasteiger partial charge is 0.370 e. The minimum atomic E-state index is -0.657. The van der Waals surface area contributed by atoms with E-state index in [2.05, 4.69) is 20.6 Å². The normalized spacial score (nSPS) is 10.5. The number of benzene rings is 1. The van der Waals surface area contributed by atoms with Gasteiger partial charge in [0, 0.05) is 19.0 Å². The lowest BCUT2D eigenvalue weighted by Crippen LogP contribution is -2.07. The summed E-state index contributed by atoms with van der Waals surface area (Å²) in [6.07, 6.45) is 1.59. The molecule has 0 fully saturated rings. The fraction of sp³-hybridized carbons (Fsp3) is 0.333. The van der Waals surface area contributed by atoms with Crippen LogP contribution in [-0.2, 0) is 6.42 Å². The number of anilines is 3. The van der Waals surface area contributed by atoms with Crippen LogP contribution in [0.2, 0.25) is 0 Å². The number of aromatic nitrogens is 2. The summed E-state index contributed by atoms with van der Waals surface area (Å²) in [4.78, 5) is 8.64. The fourth-order valence-corrected chi connectivity index (χ4v) is 1.91. The van der Waals surface area contributed by atoms with Crippen molar-refractivity contribution in [2.45, 2.75) is 26.7 Å². The molecule has 0 atom stereocenters. The summed E-state index contributed by atoms with van der Waals surface area (Å²) in [6.45, 7) is 4.67. The number of halogens is 2. The summed E-state index contributed by atoms with van der Waals surface area (Å²) in [5.41, 5.74) is -0.207. The van der Waals surface area contributed by atoms with Crippen LogP contribution in [0.25, 0.3) is 0 Å². The highest BCUT2D eigenvalue weighted by molar-refractivity contribution is 5.60. The van der Waals surface area contributed by atoms with Crippen LogP contribution >= 0.6 is 0 Å². The molecule has 0 unspecified atom stereocenters. The molecule has 1 aromatic heterocycles. The van der Waals surface area contributed by atoms with E-state index in [1.165, 1.54) is 18.2 Å². The summed E-state index contributed by atoms with van der Waals surface area (Å²) in [5.74, 6) is 0.324. The van der Waals surface area contributed by atoms with Crippen molar-refractivity contribution in [2.75, 3.05) is 17.2 Å².